The number of aryl methyl sites for hydroxylation is 1. The smallest absolute Gasteiger partial charge is 0.248 e. The molecular formula is C49H65ClN5O8S2-. The highest BCUT2D eigenvalue weighted by Gasteiger charge is 2.49. The van der Waals surface area contributed by atoms with Crippen molar-refractivity contribution in [3.05, 3.63) is 101 Å². The summed E-state index contributed by atoms with van der Waals surface area (Å²) in [7, 11) is -1.80. The number of anilines is 1. The van der Waals surface area contributed by atoms with E-state index in [0.717, 1.165) is 69.5 Å². The summed E-state index contributed by atoms with van der Waals surface area (Å²) in [6.07, 6.45) is 9.44. The molecule has 3 aliphatic heterocycles. The summed E-state index contributed by atoms with van der Waals surface area (Å²) >= 11 is 4.24. The molecule has 3 fully saturated rings. The largest absolute Gasteiger partial charge is 0.772 e. The lowest BCUT2D eigenvalue weighted by atomic mass is 9.63. The van der Waals surface area contributed by atoms with Crippen LogP contribution in [-0.4, -0.2) is 132 Å². The van der Waals surface area contributed by atoms with E-state index in [2.05, 4.69) is 26.9 Å². The molecule has 0 aromatic heterocycles. The molecule has 0 bridgehead atoms. The number of allylic oxidation sites excluding steroid dienone is 1. The van der Waals surface area contributed by atoms with Gasteiger partial charge in [-0.1, -0.05) is 72.9 Å². The van der Waals surface area contributed by atoms with Crippen LogP contribution in [0.4, 0.5) is 5.69 Å². The molecule has 1 saturated carbocycles. The Hall–Kier alpha value is -3.83. The van der Waals surface area contributed by atoms with Crippen molar-refractivity contribution in [3.8, 4) is 5.75 Å². The van der Waals surface area contributed by atoms with Crippen molar-refractivity contribution in [2.24, 2.45) is 23.5 Å². The maximum absolute atomic E-state index is 13.5. The van der Waals surface area contributed by atoms with E-state index in [1.54, 1.807) is 50.4 Å². The van der Waals surface area contributed by atoms with Crippen LogP contribution in [0.3, 0.4) is 0 Å². The highest BCUT2D eigenvalue weighted by Crippen LogP contribution is 2.47. The molecule has 0 spiro atoms. The van der Waals surface area contributed by atoms with Crippen LogP contribution in [0.25, 0.3) is 0 Å². The quantitative estimate of drug-likeness (QED) is 0.130. The molecule has 3 aromatic rings. The molecule has 2 N–H and O–H groups in total. The molecular weight excluding hydrogens is 886 g/mol. The number of halogens is 1. The summed E-state index contributed by atoms with van der Waals surface area (Å²) in [6.45, 7) is 10.3. The highest BCUT2D eigenvalue weighted by molar-refractivity contribution is 7.91. The number of nitrogens with zero attached hydrogens (tertiary/aromatic N) is 4. The summed E-state index contributed by atoms with van der Waals surface area (Å²) in [5.74, 6) is 0.0421. The van der Waals surface area contributed by atoms with E-state index < -0.39 is 37.7 Å². The second-order valence-electron chi connectivity index (χ2n) is 18.5. The normalized spacial score (nSPS) is 23.4. The van der Waals surface area contributed by atoms with E-state index in [0.29, 0.717) is 62.1 Å². The van der Waals surface area contributed by atoms with Crippen LogP contribution in [0.15, 0.2) is 83.8 Å². The predicted molar refractivity (Wildman–Crippen MR) is 255 cm³/mol. The van der Waals surface area contributed by atoms with Crippen LogP contribution in [-0.2, 0) is 43.5 Å². The van der Waals surface area contributed by atoms with E-state index in [1.165, 1.54) is 5.56 Å². The summed E-state index contributed by atoms with van der Waals surface area (Å²) in [5.41, 5.74) is 8.64. The number of nitrogens with two attached hydrogens (primary N) is 1. The molecule has 2 amide bonds. The van der Waals surface area contributed by atoms with E-state index in [1.807, 2.05) is 42.2 Å². The molecule has 354 valence electrons. The third-order valence-corrected chi connectivity index (χ3v) is 17.5. The fraction of sp³-hybridized carbons (Fsp3) is 0.551. The Kier molecular flexibility index (Phi) is 16.5. The van der Waals surface area contributed by atoms with E-state index in [-0.39, 0.29) is 46.8 Å². The molecule has 3 aromatic carbocycles. The van der Waals surface area contributed by atoms with Crippen molar-refractivity contribution in [1.82, 2.24) is 14.7 Å². The fourth-order valence-corrected chi connectivity index (χ4v) is 12.0. The maximum Gasteiger partial charge on any atom is 0.248 e. The topological polar surface area (TPSA) is 166 Å². The van der Waals surface area contributed by atoms with Gasteiger partial charge >= 0.3 is 0 Å². The zero-order valence-electron chi connectivity index (χ0n) is 37.9. The molecule has 13 nitrogen and oxygen atoms in total. The third kappa shape index (κ3) is 12.0. The Balaban J connectivity index is 1.10. The number of benzene rings is 3. The van der Waals surface area contributed by atoms with Crippen LogP contribution >= 0.6 is 11.6 Å². The Morgan fingerprint density at radius 2 is 1.78 bits per heavy atom. The molecule has 4 unspecified atom stereocenters. The standard InChI is InChI=1S/C49H66ClN5O8S2/c1-35(36(2)64(58)59)10-9-21-49(62-3,34-52-23-24-53-25-26-55(32-42(53)31-52)47(56)20-27-65(60,61)43-12-5-4-6-13-43)44-18-15-39(44)30-54-22-8-7-11-37-28-41(50)17-14-40(37)33-63-46-19-16-38(48(51)57)29-45(46)54/h4-6,9,12-14,16-17,19,21,28-29,35-36,39,42,44H,7-8,10-11,15,18,20,22-27,30-34H2,1-3H3,(H2,51,57)(H,58,59)/p-1/b21-9+/t35?,36-,39+,42?,44-,49?/m1/s1. The van der Waals surface area contributed by atoms with Gasteiger partial charge in [-0.3, -0.25) is 23.6 Å². The summed E-state index contributed by atoms with van der Waals surface area (Å²) < 4.78 is 63.1. The first-order valence-corrected chi connectivity index (χ1v) is 26.2. The number of carbonyl (C=O) groups is 2. The lowest BCUT2D eigenvalue weighted by Gasteiger charge is -2.53. The van der Waals surface area contributed by atoms with Crippen LogP contribution in [0.1, 0.15) is 73.9 Å². The van der Waals surface area contributed by atoms with Gasteiger partial charge in [-0.2, -0.15) is 0 Å². The van der Waals surface area contributed by atoms with Gasteiger partial charge < -0.3 is 29.6 Å². The zero-order valence-corrected chi connectivity index (χ0v) is 40.3. The second-order valence-corrected chi connectivity index (χ2v) is 22.3. The number of hydrogen-bond donors (Lipinski definition) is 1. The van der Waals surface area contributed by atoms with E-state index >= 15 is 0 Å². The molecule has 7 atom stereocenters. The molecule has 7 rings (SSSR count). The van der Waals surface area contributed by atoms with Crippen molar-refractivity contribution < 1.29 is 36.2 Å². The minimum atomic E-state index is -3.58. The second kappa shape index (κ2) is 21.9. The van der Waals surface area contributed by atoms with Crippen molar-refractivity contribution in [2.75, 3.05) is 76.7 Å². The van der Waals surface area contributed by atoms with Crippen molar-refractivity contribution in [2.45, 2.75) is 87.2 Å². The lowest BCUT2D eigenvalue weighted by Crippen LogP contribution is -2.65. The first-order valence-electron chi connectivity index (χ1n) is 23.1. The molecule has 1 aliphatic carbocycles. The van der Waals surface area contributed by atoms with Gasteiger partial charge in [-0.05, 0) is 110 Å². The van der Waals surface area contributed by atoms with Crippen LogP contribution in [0.2, 0.25) is 5.02 Å². The number of sulfone groups is 1. The van der Waals surface area contributed by atoms with E-state index in [9.17, 15) is 26.8 Å². The molecule has 2 saturated heterocycles. The monoisotopic (exact) mass is 950 g/mol. The van der Waals surface area contributed by atoms with Gasteiger partial charge in [0.1, 0.15) is 18.0 Å². The first kappa shape index (κ1) is 49.1. The van der Waals surface area contributed by atoms with Crippen molar-refractivity contribution >= 4 is 50.0 Å². The van der Waals surface area contributed by atoms with E-state index in [4.69, 9.17) is 26.8 Å². The van der Waals surface area contributed by atoms with Gasteiger partial charge in [0.15, 0.2) is 9.84 Å². The Labute approximate surface area is 392 Å². The molecule has 0 radical (unpaired) electrons. The summed E-state index contributed by atoms with van der Waals surface area (Å²) in [5, 5.41) is 0.198. The number of piperazine rings is 2. The Morgan fingerprint density at radius 1 is 1.00 bits per heavy atom. The minimum absolute atomic E-state index is 0.0642. The van der Waals surface area contributed by atoms with Crippen LogP contribution in [0.5, 0.6) is 5.75 Å². The molecule has 16 heteroatoms. The number of fused-ring (bicyclic) bond motifs is 3. The minimum Gasteiger partial charge on any atom is -0.772 e. The van der Waals surface area contributed by atoms with Gasteiger partial charge in [-0.15, -0.1) is 0 Å². The number of amides is 2. The summed E-state index contributed by atoms with van der Waals surface area (Å²) in [4.78, 5) is 35.3. The number of carbonyl (C=O) groups excluding carboxylic acids is 2. The molecule has 65 heavy (non-hydrogen) atoms. The fourth-order valence-electron chi connectivity index (χ4n) is 10.1. The zero-order chi connectivity index (χ0) is 46.3. The number of ether oxygens (including phenoxy) is 2. The van der Waals surface area contributed by atoms with Crippen LogP contribution in [0, 0.1) is 17.8 Å². The Bertz CT molecular complexity index is 2300. The predicted octanol–water partition coefficient (Wildman–Crippen LogP) is 6.11. The third-order valence-electron chi connectivity index (χ3n) is 14.4. The average Bonchev–Trinajstić information content (AvgIpc) is 3.32. The SMILES string of the molecule is COC(/C=C/CC(C)[C@@H](C)S(=O)[O-])(CN1CCN2CCN(C(=O)CCS(=O)(=O)c3ccccc3)CC2C1)[C@@H]1CC[C@H]1CN1CCCCc2cc(Cl)ccc2COc2ccc(C(N)=O)cc21. The van der Waals surface area contributed by atoms with Gasteiger partial charge in [-0.25, -0.2) is 8.42 Å². The highest BCUT2D eigenvalue weighted by atomic mass is 35.5. The Morgan fingerprint density at radius 3 is 2.51 bits per heavy atom. The lowest BCUT2D eigenvalue weighted by molar-refractivity contribution is -0.136. The summed E-state index contributed by atoms with van der Waals surface area (Å²) in [6, 6.07) is 19.7. The van der Waals surface area contributed by atoms with Crippen LogP contribution < -0.4 is 15.4 Å². The van der Waals surface area contributed by atoms with Gasteiger partial charge in [0.2, 0.25) is 11.8 Å². The van der Waals surface area contributed by atoms with Gasteiger partial charge in [0.25, 0.3) is 0 Å². The van der Waals surface area contributed by atoms with Gasteiger partial charge in [0, 0.05) is 94.3 Å². The molecule has 4 aliphatic rings. The molecule has 3 heterocycles. The number of rotatable bonds is 16. The number of primary amides is 1. The maximum atomic E-state index is 13.5. The van der Waals surface area contributed by atoms with Gasteiger partial charge in [0.05, 0.1) is 16.3 Å². The van der Waals surface area contributed by atoms with Crippen molar-refractivity contribution in [3.63, 3.8) is 0 Å². The first-order chi connectivity index (χ1) is 31.2. The number of hydrogen-bond acceptors (Lipinski definition) is 11. The average molecular weight is 952 g/mol. The van der Waals surface area contributed by atoms with Crippen molar-refractivity contribution in [1.29, 1.82) is 0 Å². The number of methoxy groups -OCH3 is 1.